The standard InChI is InChI=1S/C14H15NO3S/c1-8-5-4-6-9(2)12(8)18-7-11-13(14(16)17)19-10(3)15-11/h4-6H,7H2,1-3H3,(H,16,17). The molecule has 1 aromatic heterocycles. The molecule has 0 spiro atoms. The van der Waals surface area contributed by atoms with Gasteiger partial charge in [-0.2, -0.15) is 0 Å². The van der Waals surface area contributed by atoms with Crippen molar-refractivity contribution in [2.45, 2.75) is 27.4 Å². The summed E-state index contributed by atoms with van der Waals surface area (Å²) in [6, 6.07) is 5.90. The highest BCUT2D eigenvalue weighted by Gasteiger charge is 2.16. The normalized spacial score (nSPS) is 10.5. The Morgan fingerprint density at radius 1 is 1.32 bits per heavy atom. The number of rotatable bonds is 4. The van der Waals surface area contributed by atoms with E-state index in [2.05, 4.69) is 4.98 Å². The molecule has 0 aliphatic carbocycles. The molecule has 100 valence electrons. The number of para-hydroxylation sites is 1. The molecule has 0 fully saturated rings. The lowest BCUT2D eigenvalue weighted by Gasteiger charge is -2.11. The van der Waals surface area contributed by atoms with Crippen molar-refractivity contribution in [1.29, 1.82) is 0 Å². The summed E-state index contributed by atoms with van der Waals surface area (Å²) in [4.78, 5) is 15.6. The topological polar surface area (TPSA) is 59.4 Å². The zero-order valence-electron chi connectivity index (χ0n) is 11.1. The smallest absolute Gasteiger partial charge is 0.347 e. The Balaban J connectivity index is 2.21. The Kier molecular flexibility index (Phi) is 3.85. The van der Waals surface area contributed by atoms with Crippen LogP contribution in [0, 0.1) is 20.8 Å². The minimum absolute atomic E-state index is 0.178. The van der Waals surface area contributed by atoms with E-state index in [4.69, 9.17) is 9.84 Å². The van der Waals surface area contributed by atoms with E-state index in [0.717, 1.165) is 21.9 Å². The van der Waals surface area contributed by atoms with Gasteiger partial charge in [0.2, 0.25) is 0 Å². The fraction of sp³-hybridized carbons (Fsp3) is 0.286. The maximum atomic E-state index is 11.1. The summed E-state index contributed by atoms with van der Waals surface area (Å²) in [7, 11) is 0. The van der Waals surface area contributed by atoms with Crippen LogP contribution in [-0.2, 0) is 6.61 Å². The van der Waals surface area contributed by atoms with Crippen LogP contribution in [0.25, 0.3) is 0 Å². The molecule has 1 heterocycles. The predicted molar refractivity (Wildman–Crippen MR) is 74.1 cm³/mol. The number of thiazole rings is 1. The molecule has 2 rings (SSSR count). The first-order valence-corrected chi connectivity index (χ1v) is 6.69. The lowest BCUT2D eigenvalue weighted by Crippen LogP contribution is -2.04. The van der Waals surface area contributed by atoms with Crippen molar-refractivity contribution in [3.8, 4) is 5.75 Å². The van der Waals surface area contributed by atoms with E-state index in [-0.39, 0.29) is 11.5 Å². The molecule has 0 atom stereocenters. The van der Waals surface area contributed by atoms with E-state index in [0.29, 0.717) is 5.69 Å². The zero-order chi connectivity index (χ0) is 14.0. The Hall–Kier alpha value is -1.88. The van der Waals surface area contributed by atoms with E-state index < -0.39 is 5.97 Å². The molecule has 4 nitrogen and oxygen atoms in total. The molecule has 0 radical (unpaired) electrons. The van der Waals surface area contributed by atoms with Gasteiger partial charge in [0, 0.05) is 0 Å². The van der Waals surface area contributed by atoms with Gasteiger partial charge >= 0.3 is 5.97 Å². The zero-order valence-corrected chi connectivity index (χ0v) is 11.9. The molecule has 0 saturated carbocycles. The van der Waals surface area contributed by atoms with Crippen molar-refractivity contribution in [2.75, 3.05) is 0 Å². The first-order chi connectivity index (χ1) is 8.99. The highest BCUT2D eigenvalue weighted by Crippen LogP contribution is 2.25. The molecule has 0 amide bonds. The number of ether oxygens (including phenoxy) is 1. The number of carbonyl (C=O) groups is 1. The summed E-state index contributed by atoms with van der Waals surface area (Å²) in [5, 5.41) is 9.83. The van der Waals surface area contributed by atoms with Gasteiger partial charge < -0.3 is 9.84 Å². The van der Waals surface area contributed by atoms with Gasteiger partial charge in [0.25, 0.3) is 0 Å². The summed E-state index contributed by atoms with van der Waals surface area (Å²) in [5.74, 6) is -0.157. The van der Waals surface area contributed by atoms with Gasteiger partial charge in [-0.3, -0.25) is 0 Å². The quantitative estimate of drug-likeness (QED) is 0.931. The van der Waals surface area contributed by atoms with Crippen molar-refractivity contribution in [1.82, 2.24) is 4.98 Å². The van der Waals surface area contributed by atoms with Gasteiger partial charge in [-0.1, -0.05) is 18.2 Å². The maximum Gasteiger partial charge on any atom is 0.347 e. The van der Waals surface area contributed by atoms with E-state index >= 15 is 0 Å². The fourth-order valence-electron chi connectivity index (χ4n) is 1.90. The number of aryl methyl sites for hydroxylation is 3. The SMILES string of the molecule is Cc1nc(COc2c(C)cccc2C)c(C(=O)O)s1. The van der Waals surface area contributed by atoms with E-state index in [9.17, 15) is 4.79 Å². The lowest BCUT2D eigenvalue weighted by molar-refractivity contribution is 0.0699. The highest BCUT2D eigenvalue weighted by molar-refractivity contribution is 7.13. The lowest BCUT2D eigenvalue weighted by atomic mass is 10.1. The summed E-state index contributed by atoms with van der Waals surface area (Å²) in [6.45, 7) is 5.90. The molecule has 0 aliphatic heterocycles. The van der Waals surface area contributed by atoms with Crippen molar-refractivity contribution in [3.63, 3.8) is 0 Å². The summed E-state index contributed by atoms with van der Waals surface area (Å²) in [5.41, 5.74) is 2.55. The van der Waals surface area contributed by atoms with Crippen LogP contribution in [0.3, 0.4) is 0 Å². The summed E-state index contributed by atoms with van der Waals surface area (Å²) in [6.07, 6.45) is 0. The first-order valence-electron chi connectivity index (χ1n) is 5.87. The molecule has 0 unspecified atom stereocenters. The van der Waals surface area contributed by atoms with Crippen LogP contribution in [0.1, 0.15) is 31.5 Å². The third kappa shape index (κ3) is 2.93. The molecular formula is C14H15NO3S. The molecule has 0 aliphatic rings. The summed E-state index contributed by atoms with van der Waals surface area (Å²) >= 11 is 1.18. The Morgan fingerprint density at radius 2 is 1.95 bits per heavy atom. The van der Waals surface area contributed by atoms with Gasteiger partial charge in [-0.15, -0.1) is 11.3 Å². The number of carboxylic acid groups (broad SMARTS) is 1. The van der Waals surface area contributed by atoms with Crippen molar-refractivity contribution in [2.24, 2.45) is 0 Å². The van der Waals surface area contributed by atoms with Crippen LogP contribution in [-0.4, -0.2) is 16.1 Å². The molecule has 0 saturated heterocycles. The number of benzene rings is 1. The minimum Gasteiger partial charge on any atom is -0.487 e. The number of hydrogen-bond acceptors (Lipinski definition) is 4. The van der Waals surface area contributed by atoms with Crippen molar-refractivity contribution >= 4 is 17.3 Å². The van der Waals surface area contributed by atoms with Gasteiger partial charge in [0.1, 0.15) is 22.9 Å². The highest BCUT2D eigenvalue weighted by atomic mass is 32.1. The number of carboxylic acids is 1. The second kappa shape index (κ2) is 5.40. The van der Waals surface area contributed by atoms with E-state index in [1.165, 1.54) is 11.3 Å². The molecular weight excluding hydrogens is 262 g/mol. The van der Waals surface area contributed by atoms with Crippen molar-refractivity contribution in [3.05, 3.63) is 44.9 Å². The third-order valence-corrected chi connectivity index (χ3v) is 3.76. The first kappa shape index (κ1) is 13.5. The molecule has 5 heteroatoms. The second-order valence-electron chi connectivity index (χ2n) is 4.32. The Bertz CT molecular complexity index is 599. The average molecular weight is 277 g/mol. The number of hydrogen-bond donors (Lipinski definition) is 1. The average Bonchev–Trinajstić information content (AvgIpc) is 2.70. The third-order valence-electron chi connectivity index (χ3n) is 2.76. The molecule has 0 bridgehead atoms. The van der Waals surface area contributed by atoms with Gasteiger partial charge in [-0.25, -0.2) is 9.78 Å². The minimum atomic E-state index is -0.953. The van der Waals surface area contributed by atoms with Crippen LogP contribution in [0.15, 0.2) is 18.2 Å². The molecule has 2 aromatic rings. The Labute approximate surface area is 115 Å². The van der Waals surface area contributed by atoms with E-state index in [1.807, 2.05) is 32.0 Å². The molecule has 19 heavy (non-hydrogen) atoms. The van der Waals surface area contributed by atoms with Crippen LogP contribution < -0.4 is 4.74 Å². The molecule has 1 aromatic carbocycles. The fourth-order valence-corrected chi connectivity index (χ4v) is 2.66. The van der Waals surface area contributed by atoms with Crippen LogP contribution in [0.4, 0.5) is 0 Å². The summed E-state index contributed by atoms with van der Waals surface area (Å²) < 4.78 is 5.74. The van der Waals surface area contributed by atoms with Crippen LogP contribution in [0.5, 0.6) is 5.75 Å². The van der Waals surface area contributed by atoms with E-state index in [1.54, 1.807) is 6.92 Å². The van der Waals surface area contributed by atoms with Crippen LogP contribution >= 0.6 is 11.3 Å². The second-order valence-corrected chi connectivity index (χ2v) is 5.53. The molecule has 1 N–H and O–H groups in total. The van der Waals surface area contributed by atoms with Gasteiger partial charge in [0.15, 0.2) is 0 Å². The van der Waals surface area contributed by atoms with Gasteiger partial charge in [-0.05, 0) is 31.9 Å². The monoisotopic (exact) mass is 277 g/mol. The number of aromatic nitrogens is 1. The van der Waals surface area contributed by atoms with Crippen molar-refractivity contribution < 1.29 is 14.6 Å². The number of aromatic carboxylic acids is 1. The predicted octanol–water partition coefficient (Wildman–Crippen LogP) is 3.35. The number of nitrogens with zero attached hydrogens (tertiary/aromatic N) is 1. The maximum absolute atomic E-state index is 11.1. The van der Waals surface area contributed by atoms with Crippen LogP contribution in [0.2, 0.25) is 0 Å². The Morgan fingerprint density at radius 3 is 2.53 bits per heavy atom. The van der Waals surface area contributed by atoms with Gasteiger partial charge in [0.05, 0.1) is 5.01 Å². The largest absolute Gasteiger partial charge is 0.487 e.